The molecule has 0 unspecified atom stereocenters. The smallest absolute Gasteiger partial charge is 0.205 e. The summed E-state index contributed by atoms with van der Waals surface area (Å²) < 4.78 is 16.3. The van der Waals surface area contributed by atoms with Crippen LogP contribution in [0.2, 0.25) is 5.02 Å². The first-order valence-corrected chi connectivity index (χ1v) is 7.97. The summed E-state index contributed by atoms with van der Waals surface area (Å²) in [6, 6.07) is 9.47. The van der Waals surface area contributed by atoms with E-state index in [2.05, 4.69) is 15.3 Å². The number of anilines is 1. The van der Waals surface area contributed by atoms with Crippen molar-refractivity contribution in [1.82, 2.24) is 9.97 Å². The highest BCUT2D eigenvalue weighted by Gasteiger charge is 2.19. The van der Waals surface area contributed by atoms with Crippen LogP contribution in [0.5, 0.6) is 17.2 Å². The van der Waals surface area contributed by atoms with Gasteiger partial charge in [0, 0.05) is 11.6 Å². The fourth-order valence-corrected chi connectivity index (χ4v) is 2.72. The van der Waals surface area contributed by atoms with E-state index in [1.165, 1.54) is 6.33 Å². The first-order chi connectivity index (χ1) is 12.2. The van der Waals surface area contributed by atoms with Crippen molar-refractivity contribution in [2.75, 3.05) is 26.6 Å². The molecule has 0 saturated heterocycles. The van der Waals surface area contributed by atoms with Gasteiger partial charge in [-0.1, -0.05) is 23.7 Å². The average Bonchev–Trinajstić information content (AvgIpc) is 2.65. The number of nitrogens with one attached hydrogen (secondary N) is 1. The van der Waals surface area contributed by atoms with Gasteiger partial charge < -0.3 is 19.5 Å². The summed E-state index contributed by atoms with van der Waals surface area (Å²) in [5.41, 5.74) is 1.73. The Bertz CT molecular complexity index is 885. The minimum absolute atomic E-state index is 0.500. The number of benzene rings is 2. The zero-order chi connectivity index (χ0) is 17.8. The van der Waals surface area contributed by atoms with Gasteiger partial charge in [-0.2, -0.15) is 0 Å². The molecule has 3 aromatic rings. The molecular formula is C18H18ClN3O3. The maximum Gasteiger partial charge on any atom is 0.205 e. The van der Waals surface area contributed by atoms with E-state index < -0.39 is 0 Å². The highest BCUT2D eigenvalue weighted by molar-refractivity contribution is 6.30. The Morgan fingerprint density at radius 3 is 2.32 bits per heavy atom. The van der Waals surface area contributed by atoms with Crippen LogP contribution in [0.1, 0.15) is 5.56 Å². The zero-order valence-corrected chi connectivity index (χ0v) is 14.9. The number of rotatable bonds is 6. The Hall–Kier alpha value is -2.73. The minimum Gasteiger partial charge on any atom is -0.493 e. The summed E-state index contributed by atoms with van der Waals surface area (Å²) in [7, 11) is 4.71. The first-order valence-electron chi connectivity index (χ1n) is 7.60. The van der Waals surface area contributed by atoms with Gasteiger partial charge in [0.1, 0.15) is 17.7 Å². The number of hydrogen-bond acceptors (Lipinski definition) is 6. The lowest BCUT2D eigenvalue weighted by molar-refractivity contribution is 0.327. The molecule has 6 nitrogen and oxygen atoms in total. The van der Waals surface area contributed by atoms with Crippen LogP contribution in [-0.2, 0) is 6.54 Å². The number of hydrogen-bond donors (Lipinski definition) is 1. The van der Waals surface area contributed by atoms with Crippen molar-refractivity contribution < 1.29 is 14.2 Å². The highest BCUT2D eigenvalue weighted by atomic mass is 35.5. The Morgan fingerprint density at radius 2 is 1.68 bits per heavy atom. The Labute approximate surface area is 150 Å². The van der Waals surface area contributed by atoms with Crippen LogP contribution in [0.3, 0.4) is 0 Å². The van der Waals surface area contributed by atoms with Crippen molar-refractivity contribution in [3.63, 3.8) is 0 Å². The number of ether oxygens (including phenoxy) is 3. The van der Waals surface area contributed by atoms with Gasteiger partial charge in [0.2, 0.25) is 5.75 Å². The van der Waals surface area contributed by atoms with Gasteiger partial charge >= 0.3 is 0 Å². The molecule has 1 aromatic heterocycles. The SMILES string of the molecule is COc1cc2c(NCc3ccc(Cl)cc3)ncnc2c(OC)c1OC. The van der Waals surface area contributed by atoms with Gasteiger partial charge in [-0.05, 0) is 23.8 Å². The van der Waals surface area contributed by atoms with E-state index in [-0.39, 0.29) is 0 Å². The van der Waals surface area contributed by atoms with Gasteiger partial charge in [0.05, 0.1) is 26.7 Å². The second-order valence-corrected chi connectivity index (χ2v) is 5.68. The highest BCUT2D eigenvalue weighted by Crippen LogP contribution is 2.43. The molecule has 7 heteroatoms. The van der Waals surface area contributed by atoms with Crippen LogP contribution in [0.15, 0.2) is 36.7 Å². The topological polar surface area (TPSA) is 65.5 Å². The summed E-state index contributed by atoms with van der Waals surface area (Å²) in [6.07, 6.45) is 1.49. The predicted octanol–water partition coefficient (Wildman–Crippen LogP) is 3.92. The maximum atomic E-state index is 5.92. The number of nitrogens with zero attached hydrogens (tertiary/aromatic N) is 2. The van der Waals surface area contributed by atoms with Crippen molar-refractivity contribution in [2.24, 2.45) is 0 Å². The van der Waals surface area contributed by atoms with Gasteiger partial charge in [0.15, 0.2) is 11.5 Å². The molecule has 0 radical (unpaired) electrons. The molecule has 0 spiro atoms. The number of methoxy groups -OCH3 is 3. The summed E-state index contributed by atoms with van der Waals surface area (Å²) in [6.45, 7) is 0.597. The van der Waals surface area contributed by atoms with Crippen LogP contribution in [0.25, 0.3) is 10.9 Å². The second-order valence-electron chi connectivity index (χ2n) is 5.24. The van der Waals surface area contributed by atoms with Crippen molar-refractivity contribution in [1.29, 1.82) is 0 Å². The van der Waals surface area contributed by atoms with Gasteiger partial charge in [-0.3, -0.25) is 0 Å². The largest absolute Gasteiger partial charge is 0.493 e. The van der Waals surface area contributed by atoms with Crippen molar-refractivity contribution in [2.45, 2.75) is 6.54 Å². The van der Waals surface area contributed by atoms with Crippen molar-refractivity contribution in [3.8, 4) is 17.2 Å². The monoisotopic (exact) mass is 359 g/mol. The third-order valence-electron chi connectivity index (χ3n) is 3.81. The van der Waals surface area contributed by atoms with Crippen LogP contribution >= 0.6 is 11.6 Å². The molecule has 0 aliphatic carbocycles. The lowest BCUT2D eigenvalue weighted by Crippen LogP contribution is -2.04. The molecule has 0 amide bonds. The normalized spacial score (nSPS) is 10.6. The number of halogens is 1. The molecule has 0 saturated carbocycles. The predicted molar refractivity (Wildman–Crippen MR) is 98.0 cm³/mol. The lowest BCUT2D eigenvalue weighted by Gasteiger charge is -2.16. The quantitative estimate of drug-likeness (QED) is 0.719. The second kappa shape index (κ2) is 7.44. The molecule has 130 valence electrons. The molecule has 0 atom stereocenters. The zero-order valence-electron chi connectivity index (χ0n) is 14.2. The molecule has 0 aliphatic rings. The van der Waals surface area contributed by atoms with E-state index in [1.54, 1.807) is 21.3 Å². The standard InChI is InChI=1S/C18H18ClN3O3/c1-23-14-8-13-15(17(25-3)16(14)24-2)21-10-22-18(13)20-9-11-4-6-12(19)7-5-11/h4-8,10H,9H2,1-3H3,(H,20,21,22). The van der Waals surface area contributed by atoms with Gasteiger partial charge in [-0.15, -0.1) is 0 Å². The molecule has 1 N–H and O–H groups in total. The van der Waals surface area contributed by atoms with Gasteiger partial charge in [-0.25, -0.2) is 9.97 Å². The summed E-state index contributed by atoms with van der Waals surface area (Å²) in [5.74, 6) is 2.24. The Kier molecular flexibility index (Phi) is 5.09. The van der Waals surface area contributed by atoms with Crippen molar-refractivity contribution in [3.05, 3.63) is 47.2 Å². The van der Waals surface area contributed by atoms with E-state index in [4.69, 9.17) is 25.8 Å². The fraction of sp³-hybridized carbons (Fsp3) is 0.222. The third-order valence-corrected chi connectivity index (χ3v) is 4.06. The Morgan fingerprint density at radius 1 is 0.960 bits per heavy atom. The van der Waals surface area contributed by atoms with Crippen LogP contribution in [0.4, 0.5) is 5.82 Å². The van der Waals surface area contributed by atoms with Crippen molar-refractivity contribution >= 4 is 28.3 Å². The molecule has 0 fully saturated rings. The van der Waals surface area contributed by atoms with E-state index in [9.17, 15) is 0 Å². The summed E-state index contributed by atoms with van der Waals surface area (Å²) in [4.78, 5) is 8.68. The van der Waals surface area contributed by atoms with Crippen LogP contribution < -0.4 is 19.5 Å². The van der Waals surface area contributed by atoms with E-state index in [1.807, 2.05) is 30.3 Å². The van der Waals surface area contributed by atoms with E-state index in [0.717, 1.165) is 10.9 Å². The van der Waals surface area contributed by atoms with Crippen LogP contribution in [0, 0.1) is 0 Å². The molecule has 0 aliphatic heterocycles. The number of aromatic nitrogens is 2. The first kappa shape index (κ1) is 17.1. The fourth-order valence-electron chi connectivity index (χ4n) is 2.59. The Balaban J connectivity index is 2.02. The summed E-state index contributed by atoms with van der Waals surface area (Å²) in [5, 5.41) is 4.81. The third kappa shape index (κ3) is 3.39. The van der Waals surface area contributed by atoms with Gasteiger partial charge in [0.25, 0.3) is 0 Å². The lowest BCUT2D eigenvalue weighted by atomic mass is 10.1. The maximum absolute atomic E-state index is 5.92. The average molecular weight is 360 g/mol. The molecular weight excluding hydrogens is 342 g/mol. The minimum atomic E-state index is 0.500. The molecule has 3 rings (SSSR count). The van der Waals surface area contributed by atoms with Crippen LogP contribution in [-0.4, -0.2) is 31.3 Å². The number of fused-ring (bicyclic) bond motifs is 1. The molecule has 25 heavy (non-hydrogen) atoms. The molecule has 1 heterocycles. The van der Waals surface area contributed by atoms with E-state index in [0.29, 0.717) is 40.2 Å². The molecule has 2 aromatic carbocycles. The van der Waals surface area contributed by atoms with E-state index >= 15 is 0 Å². The molecule has 0 bridgehead atoms. The summed E-state index contributed by atoms with van der Waals surface area (Å²) >= 11 is 5.92.